The number of nitrogens with one attached hydrogen (secondary N) is 2. The maximum Gasteiger partial charge on any atom is 0.225 e. The number of aromatic nitrogens is 2. The lowest BCUT2D eigenvalue weighted by molar-refractivity contribution is -0.133. The van der Waals surface area contributed by atoms with E-state index in [1.165, 1.54) is 6.42 Å². The van der Waals surface area contributed by atoms with Gasteiger partial charge in [0.05, 0.1) is 26.4 Å². The maximum atomic E-state index is 6.23. The predicted molar refractivity (Wildman–Crippen MR) is 89.7 cm³/mol. The molecule has 4 rings (SSSR count). The lowest BCUT2D eigenvalue weighted by atomic mass is 10.0. The summed E-state index contributed by atoms with van der Waals surface area (Å²) in [5.41, 5.74) is 6.26. The molecule has 0 radical (unpaired) electrons. The molecule has 0 bridgehead atoms. The van der Waals surface area contributed by atoms with E-state index in [2.05, 4.69) is 30.6 Å². The largest absolute Gasteiger partial charge is 0.376 e. The zero-order chi connectivity index (χ0) is 16.2. The average molecular weight is 334 g/mol. The fraction of sp³-hybridized carbons (Fsp3) is 0.750. The van der Waals surface area contributed by atoms with E-state index >= 15 is 0 Å². The molecule has 8 nitrogen and oxygen atoms in total. The predicted octanol–water partition coefficient (Wildman–Crippen LogP) is -0.749. The second-order valence-electron chi connectivity index (χ2n) is 6.85. The molecule has 0 saturated carbocycles. The Hall–Kier alpha value is -1.32. The van der Waals surface area contributed by atoms with Crippen LogP contribution in [0.1, 0.15) is 6.42 Å². The summed E-state index contributed by atoms with van der Waals surface area (Å²) in [6.07, 6.45) is 4.74. The molecule has 132 valence electrons. The molecule has 0 aliphatic carbocycles. The molecule has 3 fully saturated rings. The highest BCUT2D eigenvalue weighted by atomic mass is 16.5. The van der Waals surface area contributed by atoms with Gasteiger partial charge in [0.25, 0.3) is 0 Å². The molecular formula is C16H26N6O2. The van der Waals surface area contributed by atoms with Crippen LogP contribution in [0.3, 0.4) is 0 Å². The van der Waals surface area contributed by atoms with Crippen LogP contribution in [-0.2, 0) is 9.47 Å². The standard InChI is InChI=1S/C16H26N6O2/c1-3-17-15(18-4-1)22-7-8-23-13-16(12-22)11-21(6-9-24-16)10-14-2-5-19-20-14/h1,3-4,14,19-20H,2,5-13H2. The Balaban J connectivity index is 1.45. The lowest BCUT2D eigenvalue weighted by Crippen LogP contribution is -2.60. The normalized spacial score (nSPS) is 32.2. The fourth-order valence-corrected chi connectivity index (χ4v) is 3.78. The minimum absolute atomic E-state index is 0.306. The van der Waals surface area contributed by atoms with Crippen LogP contribution in [0.5, 0.6) is 0 Å². The molecule has 0 aromatic carbocycles. The molecule has 2 atom stereocenters. The van der Waals surface area contributed by atoms with Crippen LogP contribution in [0.15, 0.2) is 18.5 Å². The zero-order valence-corrected chi connectivity index (χ0v) is 14.0. The summed E-state index contributed by atoms with van der Waals surface area (Å²) in [5, 5.41) is 0. The Bertz CT molecular complexity index is 527. The van der Waals surface area contributed by atoms with Gasteiger partial charge in [-0.1, -0.05) is 0 Å². The molecular weight excluding hydrogens is 308 g/mol. The highest BCUT2D eigenvalue weighted by Crippen LogP contribution is 2.24. The second-order valence-corrected chi connectivity index (χ2v) is 6.85. The number of hydrogen-bond donors (Lipinski definition) is 2. The number of hydrogen-bond acceptors (Lipinski definition) is 8. The monoisotopic (exact) mass is 334 g/mol. The summed E-state index contributed by atoms with van der Waals surface area (Å²) in [6, 6.07) is 2.36. The summed E-state index contributed by atoms with van der Waals surface area (Å²) in [6.45, 7) is 7.55. The Kier molecular flexibility index (Phi) is 4.91. The van der Waals surface area contributed by atoms with Gasteiger partial charge in [0.2, 0.25) is 5.95 Å². The van der Waals surface area contributed by atoms with Crippen LogP contribution < -0.4 is 15.8 Å². The molecule has 2 N–H and O–H groups in total. The maximum absolute atomic E-state index is 6.23. The van der Waals surface area contributed by atoms with Gasteiger partial charge in [0.15, 0.2) is 0 Å². The van der Waals surface area contributed by atoms with Crippen molar-refractivity contribution >= 4 is 5.95 Å². The number of morpholine rings is 1. The van der Waals surface area contributed by atoms with Crippen molar-refractivity contribution in [1.29, 1.82) is 0 Å². The molecule has 2 unspecified atom stereocenters. The van der Waals surface area contributed by atoms with Crippen molar-refractivity contribution in [3.63, 3.8) is 0 Å². The molecule has 0 amide bonds. The first-order valence-electron chi connectivity index (χ1n) is 8.77. The van der Waals surface area contributed by atoms with Crippen LogP contribution >= 0.6 is 0 Å². The number of hydrazine groups is 1. The van der Waals surface area contributed by atoms with E-state index in [9.17, 15) is 0 Å². The lowest BCUT2D eigenvalue weighted by Gasteiger charge is -2.43. The minimum atomic E-state index is -0.306. The van der Waals surface area contributed by atoms with Gasteiger partial charge in [-0.15, -0.1) is 0 Å². The summed E-state index contributed by atoms with van der Waals surface area (Å²) < 4.78 is 12.1. The molecule has 1 aromatic rings. The first-order chi connectivity index (χ1) is 11.8. The van der Waals surface area contributed by atoms with Gasteiger partial charge >= 0.3 is 0 Å². The molecule has 8 heteroatoms. The van der Waals surface area contributed by atoms with Gasteiger partial charge in [0.1, 0.15) is 5.60 Å². The first-order valence-corrected chi connectivity index (χ1v) is 8.77. The van der Waals surface area contributed by atoms with E-state index in [1.807, 2.05) is 6.07 Å². The van der Waals surface area contributed by atoms with E-state index < -0.39 is 0 Å². The topological polar surface area (TPSA) is 74.8 Å². The molecule has 1 aromatic heterocycles. The molecule has 3 aliphatic heterocycles. The summed E-state index contributed by atoms with van der Waals surface area (Å²) in [4.78, 5) is 13.5. The second kappa shape index (κ2) is 7.28. The van der Waals surface area contributed by atoms with E-state index in [0.29, 0.717) is 19.3 Å². The summed E-state index contributed by atoms with van der Waals surface area (Å²) >= 11 is 0. The Morgan fingerprint density at radius 3 is 2.96 bits per heavy atom. The van der Waals surface area contributed by atoms with Crippen LogP contribution in [0, 0.1) is 0 Å². The van der Waals surface area contributed by atoms with Crippen LogP contribution in [0.2, 0.25) is 0 Å². The fourth-order valence-electron chi connectivity index (χ4n) is 3.78. The van der Waals surface area contributed by atoms with E-state index in [0.717, 1.165) is 51.8 Å². The van der Waals surface area contributed by atoms with Crippen molar-refractivity contribution in [3.05, 3.63) is 18.5 Å². The van der Waals surface area contributed by atoms with Gasteiger partial charge in [-0.2, -0.15) is 0 Å². The third kappa shape index (κ3) is 3.68. The Morgan fingerprint density at radius 1 is 1.21 bits per heavy atom. The number of ether oxygens (including phenoxy) is 2. The van der Waals surface area contributed by atoms with Crippen molar-refractivity contribution in [2.24, 2.45) is 0 Å². The van der Waals surface area contributed by atoms with Crippen molar-refractivity contribution < 1.29 is 9.47 Å². The average Bonchev–Trinajstić information content (AvgIpc) is 3.03. The van der Waals surface area contributed by atoms with Gasteiger partial charge in [0, 0.05) is 51.2 Å². The Labute approximate surface area is 142 Å². The van der Waals surface area contributed by atoms with Crippen LogP contribution in [-0.4, -0.2) is 85.6 Å². The van der Waals surface area contributed by atoms with E-state index in [4.69, 9.17) is 9.47 Å². The van der Waals surface area contributed by atoms with Gasteiger partial charge < -0.3 is 14.4 Å². The third-order valence-corrected chi connectivity index (χ3v) is 4.91. The number of rotatable bonds is 3. The van der Waals surface area contributed by atoms with E-state index in [1.54, 1.807) is 12.4 Å². The van der Waals surface area contributed by atoms with Crippen molar-refractivity contribution in [3.8, 4) is 0 Å². The van der Waals surface area contributed by atoms with Crippen molar-refractivity contribution in [2.45, 2.75) is 18.1 Å². The summed E-state index contributed by atoms with van der Waals surface area (Å²) in [7, 11) is 0. The Morgan fingerprint density at radius 2 is 2.12 bits per heavy atom. The molecule has 4 heterocycles. The van der Waals surface area contributed by atoms with E-state index in [-0.39, 0.29) is 5.60 Å². The number of nitrogens with zero attached hydrogens (tertiary/aromatic N) is 4. The first kappa shape index (κ1) is 16.2. The van der Waals surface area contributed by atoms with Gasteiger partial charge in [-0.3, -0.25) is 15.8 Å². The minimum Gasteiger partial charge on any atom is -0.376 e. The van der Waals surface area contributed by atoms with Crippen LogP contribution in [0.25, 0.3) is 0 Å². The molecule has 24 heavy (non-hydrogen) atoms. The molecule has 1 spiro atoms. The zero-order valence-electron chi connectivity index (χ0n) is 14.0. The smallest absolute Gasteiger partial charge is 0.225 e. The van der Waals surface area contributed by atoms with Crippen molar-refractivity contribution in [1.82, 2.24) is 25.7 Å². The SMILES string of the molecule is c1cnc(N2CCOCC3(CN(CC4CCNN4)CCO3)C2)nc1. The molecule has 3 saturated heterocycles. The molecule has 3 aliphatic rings. The van der Waals surface area contributed by atoms with Crippen LogP contribution in [0.4, 0.5) is 5.95 Å². The highest BCUT2D eigenvalue weighted by molar-refractivity contribution is 5.30. The summed E-state index contributed by atoms with van der Waals surface area (Å²) in [5.74, 6) is 0.754. The number of anilines is 1. The quantitative estimate of drug-likeness (QED) is 0.748. The third-order valence-electron chi connectivity index (χ3n) is 4.91. The van der Waals surface area contributed by atoms with Crippen molar-refractivity contribution in [2.75, 3.05) is 64.0 Å². The highest BCUT2D eigenvalue weighted by Gasteiger charge is 2.41. The van der Waals surface area contributed by atoms with Gasteiger partial charge in [-0.25, -0.2) is 9.97 Å². The van der Waals surface area contributed by atoms with Gasteiger partial charge in [-0.05, 0) is 12.5 Å².